The molecule has 0 aromatic carbocycles. The molecule has 1 spiro atoms. The van der Waals surface area contributed by atoms with Crippen molar-refractivity contribution >= 4 is 27.4 Å². The fraction of sp³-hybridized carbons (Fsp3) is 0.600. The molecule has 0 amide bonds. The second-order valence-electron chi connectivity index (χ2n) is 5.76. The lowest BCUT2D eigenvalue weighted by Crippen LogP contribution is -2.45. The quantitative estimate of drug-likeness (QED) is 0.810. The summed E-state index contributed by atoms with van der Waals surface area (Å²) in [6.07, 6.45) is 3.49. The van der Waals surface area contributed by atoms with Gasteiger partial charge in [0.2, 0.25) is 0 Å². The predicted octanol–water partition coefficient (Wildman–Crippen LogP) is 2.65. The van der Waals surface area contributed by atoms with Crippen molar-refractivity contribution in [3.8, 4) is 0 Å². The second-order valence-corrected chi connectivity index (χ2v) is 6.96. The van der Waals surface area contributed by atoms with Crippen LogP contribution in [0.4, 0.5) is 5.82 Å². The van der Waals surface area contributed by atoms with Gasteiger partial charge in [-0.2, -0.15) is 0 Å². The molecule has 2 saturated heterocycles. The highest BCUT2D eigenvalue weighted by Gasteiger charge is 2.40. The summed E-state index contributed by atoms with van der Waals surface area (Å²) in [7, 11) is 0. The van der Waals surface area contributed by atoms with Crippen LogP contribution in [0.5, 0.6) is 0 Å². The van der Waals surface area contributed by atoms with E-state index in [1.807, 2.05) is 0 Å². The van der Waals surface area contributed by atoms with Gasteiger partial charge in [-0.1, -0.05) is 0 Å². The van der Waals surface area contributed by atoms with E-state index in [0.717, 1.165) is 49.8 Å². The van der Waals surface area contributed by atoms with E-state index in [-0.39, 0.29) is 5.79 Å². The number of thiophene rings is 1. The highest BCUT2D eigenvalue weighted by molar-refractivity contribution is 7.18. The van der Waals surface area contributed by atoms with Crippen LogP contribution in [0.1, 0.15) is 23.3 Å². The number of hydrogen-bond acceptors (Lipinski definition) is 6. The fourth-order valence-corrected chi connectivity index (χ4v) is 4.24. The van der Waals surface area contributed by atoms with Gasteiger partial charge in [0.1, 0.15) is 17.0 Å². The average molecular weight is 305 g/mol. The monoisotopic (exact) mass is 305 g/mol. The third-order valence-corrected chi connectivity index (χ3v) is 5.70. The van der Waals surface area contributed by atoms with Crippen molar-refractivity contribution in [3.05, 3.63) is 16.8 Å². The zero-order chi connectivity index (χ0) is 14.4. The molecule has 0 N–H and O–H groups in total. The Morgan fingerprint density at radius 1 is 1.14 bits per heavy atom. The van der Waals surface area contributed by atoms with Crippen LogP contribution in [0.2, 0.25) is 0 Å². The summed E-state index contributed by atoms with van der Waals surface area (Å²) in [6.45, 7) is 7.59. The standard InChI is InChI=1S/C15H19N3O2S/c1-10-11(2)21-14-12(10)13(16-9-17-14)18-5-3-15(4-6-18)19-7-8-20-15/h9H,3-8H2,1-2H3. The van der Waals surface area contributed by atoms with E-state index in [1.165, 1.54) is 15.8 Å². The van der Waals surface area contributed by atoms with Crippen LogP contribution in [-0.2, 0) is 9.47 Å². The molecule has 2 aromatic heterocycles. The van der Waals surface area contributed by atoms with Crippen molar-refractivity contribution in [2.75, 3.05) is 31.2 Å². The summed E-state index contributed by atoms with van der Waals surface area (Å²) in [5, 5.41) is 1.21. The molecule has 0 radical (unpaired) electrons. The molecule has 21 heavy (non-hydrogen) atoms. The average Bonchev–Trinajstić information content (AvgIpc) is 3.06. The summed E-state index contributed by atoms with van der Waals surface area (Å²) in [5.41, 5.74) is 1.30. The summed E-state index contributed by atoms with van der Waals surface area (Å²) in [4.78, 5) is 13.7. The maximum Gasteiger partial charge on any atom is 0.171 e. The number of rotatable bonds is 1. The number of aryl methyl sites for hydroxylation is 2. The summed E-state index contributed by atoms with van der Waals surface area (Å²) >= 11 is 1.75. The molecule has 0 atom stereocenters. The molecule has 0 bridgehead atoms. The Bertz CT molecular complexity index is 669. The van der Waals surface area contributed by atoms with E-state index < -0.39 is 0 Å². The molecule has 2 fully saturated rings. The summed E-state index contributed by atoms with van der Waals surface area (Å²) in [6, 6.07) is 0. The zero-order valence-corrected chi connectivity index (χ0v) is 13.2. The van der Waals surface area contributed by atoms with Crippen LogP contribution in [-0.4, -0.2) is 42.1 Å². The van der Waals surface area contributed by atoms with Crippen molar-refractivity contribution in [2.24, 2.45) is 0 Å². The fourth-order valence-electron chi connectivity index (χ4n) is 3.25. The SMILES string of the molecule is Cc1sc2ncnc(N3CCC4(CC3)OCCO4)c2c1C. The topological polar surface area (TPSA) is 47.5 Å². The van der Waals surface area contributed by atoms with Crippen LogP contribution in [0.25, 0.3) is 10.2 Å². The first-order chi connectivity index (χ1) is 10.2. The molecule has 5 nitrogen and oxygen atoms in total. The van der Waals surface area contributed by atoms with Gasteiger partial charge >= 0.3 is 0 Å². The lowest BCUT2D eigenvalue weighted by Gasteiger charge is -2.38. The van der Waals surface area contributed by atoms with E-state index in [9.17, 15) is 0 Å². The minimum absolute atomic E-state index is 0.331. The minimum Gasteiger partial charge on any atom is -0.356 e. The van der Waals surface area contributed by atoms with Gasteiger partial charge in [0, 0.05) is 30.8 Å². The van der Waals surface area contributed by atoms with Crippen LogP contribution in [0.15, 0.2) is 6.33 Å². The largest absolute Gasteiger partial charge is 0.356 e. The Balaban J connectivity index is 1.65. The van der Waals surface area contributed by atoms with Gasteiger partial charge in [0.15, 0.2) is 5.79 Å². The van der Waals surface area contributed by atoms with Crippen molar-refractivity contribution in [3.63, 3.8) is 0 Å². The van der Waals surface area contributed by atoms with Gasteiger partial charge in [-0.25, -0.2) is 9.97 Å². The first kappa shape index (κ1) is 13.4. The molecule has 4 heterocycles. The Morgan fingerprint density at radius 3 is 2.57 bits per heavy atom. The maximum atomic E-state index is 5.80. The number of piperidine rings is 1. The number of anilines is 1. The smallest absolute Gasteiger partial charge is 0.171 e. The Labute approximate surface area is 127 Å². The minimum atomic E-state index is -0.331. The van der Waals surface area contributed by atoms with Crippen molar-refractivity contribution in [1.29, 1.82) is 0 Å². The van der Waals surface area contributed by atoms with E-state index in [1.54, 1.807) is 17.7 Å². The van der Waals surface area contributed by atoms with Gasteiger partial charge < -0.3 is 14.4 Å². The molecule has 0 aliphatic carbocycles. The third-order valence-electron chi connectivity index (χ3n) is 4.58. The molecule has 0 saturated carbocycles. The molecule has 2 aliphatic rings. The number of nitrogens with zero attached hydrogens (tertiary/aromatic N) is 3. The van der Waals surface area contributed by atoms with Gasteiger partial charge in [-0.3, -0.25) is 0 Å². The Kier molecular flexibility index (Phi) is 3.13. The molecule has 2 aromatic rings. The number of ether oxygens (including phenoxy) is 2. The molecule has 4 rings (SSSR count). The number of fused-ring (bicyclic) bond motifs is 1. The highest BCUT2D eigenvalue weighted by atomic mass is 32.1. The van der Waals surface area contributed by atoms with Crippen molar-refractivity contribution < 1.29 is 9.47 Å². The van der Waals surface area contributed by atoms with Crippen LogP contribution >= 0.6 is 11.3 Å². The van der Waals surface area contributed by atoms with E-state index in [4.69, 9.17) is 9.47 Å². The lowest BCUT2D eigenvalue weighted by atomic mass is 10.0. The Morgan fingerprint density at radius 2 is 1.86 bits per heavy atom. The molecule has 0 unspecified atom stereocenters. The second kappa shape index (κ2) is 4.90. The zero-order valence-electron chi connectivity index (χ0n) is 12.4. The van der Waals surface area contributed by atoms with Gasteiger partial charge in [-0.05, 0) is 19.4 Å². The van der Waals surface area contributed by atoms with Gasteiger partial charge in [-0.15, -0.1) is 11.3 Å². The number of hydrogen-bond donors (Lipinski definition) is 0. The number of aromatic nitrogens is 2. The lowest BCUT2D eigenvalue weighted by molar-refractivity contribution is -0.169. The summed E-state index contributed by atoms with van der Waals surface area (Å²) in [5.74, 6) is 0.733. The molecular formula is C15H19N3O2S. The van der Waals surface area contributed by atoms with Gasteiger partial charge in [0.25, 0.3) is 0 Å². The van der Waals surface area contributed by atoms with E-state index >= 15 is 0 Å². The summed E-state index contributed by atoms with van der Waals surface area (Å²) < 4.78 is 11.6. The first-order valence-electron chi connectivity index (χ1n) is 7.42. The van der Waals surface area contributed by atoms with Crippen LogP contribution in [0, 0.1) is 13.8 Å². The van der Waals surface area contributed by atoms with Crippen molar-refractivity contribution in [1.82, 2.24) is 9.97 Å². The van der Waals surface area contributed by atoms with Crippen LogP contribution < -0.4 is 4.90 Å². The molecule has 112 valence electrons. The predicted molar refractivity (Wildman–Crippen MR) is 83.0 cm³/mol. The molecular weight excluding hydrogens is 286 g/mol. The molecule has 6 heteroatoms. The van der Waals surface area contributed by atoms with E-state index in [0.29, 0.717) is 0 Å². The maximum absolute atomic E-state index is 5.80. The normalized spacial score (nSPS) is 21.5. The van der Waals surface area contributed by atoms with Gasteiger partial charge in [0.05, 0.1) is 18.6 Å². The molecule has 2 aliphatic heterocycles. The van der Waals surface area contributed by atoms with Crippen LogP contribution in [0.3, 0.4) is 0 Å². The highest BCUT2D eigenvalue weighted by Crippen LogP contribution is 2.37. The van der Waals surface area contributed by atoms with E-state index in [2.05, 4.69) is 28.7 Å². The first-order valence-corrected chi connectivity index (χ1v) is 8.24. The third kappa shape index (κ3) is 2.13. The Hall–Kier alpha value is -1.24. The van der Waals surface area contributed by atoms with Crippen molar-refractivity contribution in [2.45, 2.75) is 32.5 Å².